The van der Waals surface area contributed by atoms with Crippen LogP contribution in [0.1, 0.15) is 40.5 Å². The molecule has 6 atom stereocenters. The van der Waals surface area contributed by atoms with Crippen molar-refractivity contribution >= 4 is 23.6 Å². The molecule has 0 saturated heterocycles. The van der Waals surface area contributed by atoms with Crippen molar-refractivity contribution < 1.29 is 43.2 Å². The fraction of sp³-hybridized carbons (Fsp3) is 0.484. The van der Waals surface area contributed by atoms with Crippen LogP contribution in [0.4, 0.5) is 4.79 Å². The molecule has 42 heavy (non-hydrogen) atoms. The van der Waals surface area contributed by atoms with E-state index in [4.69, 9.17) is 24.7 Å². The summed E-state index contributed by atoms with van der Waals surface area (Å²) in [5.74, 6) is -2.57. The van der Waals surface area contributed by atoms with Crippen LogP contribution in [0.3, 0.4) is 0 Å². The average molecular weight is 587 g/mol. The fourth-order valence-corrected chi connectivity index (χ4v) is 5.06. The number of Topliss-reactive ketones (excluding diaryl/α,β-unsaturated/α-hetero) is 2. The zero-order valence-corrected chi connectivity index (χ0v) is 25.3. The lowest BCUT2D eigenvalue weighted by atomic mass is 9.83. The molecule has 0 spiro atoms. The lowest BCUT2D eigenvalue weighted by Crippen LogP contribution is -2.37. The van der Waals surface area contributed by atoms with Gasteiger partial charge in [-0.1, -0.05) is 50.8 Å². The third-order valence-corrected chi connectivity index (χ3v) is 7.35. The first-order valence-electron chi connectivity index (χ1n) is 13.6. The number of ether oxygens (including phenoxy) is 4. The van der Waals surface area contributed by atoms with Crippen molar-refractivity contribution in [2.75, 3.05) is 21.3 Å². The minimum atomic E-state index is -1.01. The lowest BCUT2D eigenvalue weighted by molar-refractivity contribution is -0.121. The van der Waals surface area contributed by atoms with E-state index in [0.29, 0.717) is 12.0 Å². The first-order valence-corrected chi connectivity index (χ1v) is 13.6. The molecule has 0 saturated carbocycles. The van der Waals surface area contributed by atoms with Crippen molar-refractivity contribution in [1.29, 1.82) is 0 Å². The number of carbonyl (C=O) groups is 4. The number of amides is 2. The Kier molecular flexibility index (Phi) is 12.6. The van der Waals surface area contributed by atoms with E-state index >= 15 is 0 Å². The number of rotatable bonds is 5. The fourth-order valence-electron chi connectivity index (χ4n) is 5.06. The van der Waals surface area contributed by atoms with Gasteiger partial charge in [0.25, 0.3) is 5.91 Å². The molecular weight excluding hydrogens is 544 g/mol. The molecule has 1 aliphatic carbocycles. The number of hydrogen-bond donors (Lipinski definition) is 3. The van der Waals surface area contributed by atoms with E-state index in [2.05, 4.69) is 11.9 Å². The van der Waals surface area contributed by atoms with E-state index in [0.717, 1.165) is 0 Å². The summed E-state index contributed by atoms with van der Waals surface area (Å²) in [7, 11) is 4.20. The molecule has 0 fully saturated rings. The maximum Gasteiger partial charge on any atom is 0.405 e. The quantitative estimate of drug-likeness (QED) is 0.325. The Morgan fingerprint density at radius 1 is 1.12 bits per heavy atom. The van der Waals surface area contributed by atoms with Gasteiger partial charge in [-0.05, 0) is 38.2 Å². The zero-order chi connectivity index (χ0) is 31.7. The highest BCUT2D eigenvalue weighted by molar-refractivity contribution is 6.26. The molecule has 0 aromatic heterocycles. The molecule has 2 amide bonds. The molecule has 1 heterocycles. The van der Waals surface area contributed by atoms with Crippen molar-refractivity contribution in [1.82, 2.24) is 5.32 Å². The van der Waals surface area contributed by atoms with Crippen molar-refractivity contribution in [2.45, 2.75) is 65.0 Å². The number of methoxy groups -OCH3 is 3. The number of aliphatic hydroxyl groups excluding tert-OH is 1. The van der Waals surface area contributed by atoms with Gasteiger partial charge in [-0.3, -0.25) is 14.4 Å². The average Bonchev–Trinajstić information content (AvgIpc) is 2.94. The van der Waals surface area contributed by atoms with Crippen LogP contribution in [-0.2, 0) is 33.3 Å². The van der Waals surface area contributed by atoms with Gasteiger partial charge in [0.05, 0.1) is 24.9 Å². The summed E-state index contributed by atoms with van der Waals surface area (Å²) in [5, 5.41) is 13.8. The molecule has 4 N–H and O–H groups in total. The van der Waals surface area contributed by atoms with E-state index in [1.807, 2.05) is 6.92 Å². The Balaban J connectivity index is 2.69. The molecule has 11 nitrogen and oxygen atoms in total. The number of nitrogens with two attached hydrogens (primary N) is 1. The number of aliphatic hydroxyl groups is 1. The van der Waals surface area contributed by atoms with Crippen LogP contribution in [0.5, 0.6) is 0 Å². The van der Waals surface area contributed by atoms with Crippen LogP contribution >= 0.6 is 0 Å². The number of hydrogen-bond acceptors (Lipinski definition) is 9. The molecule has 0 aromatic rings. The van der Waals surface area contributed by atoms with Crippen LogP contribution in [0.15, 0.2) is 70.7 Å². The molecule has 2 aliphatic rings. The predicted molar refractivity (Wildman–Crippen MR) is 156 cm³/mol. The third-order valence-electron chi connectivity index (χ3n) is 7.35. The van der Waals surface area contributed by atoms with Gasteiger partial charge in [0.2, 0.25) is 11.6 Å². The molecule has 2 bridgehead atoms. The summed E-state index contributed by atoms with van der Waals surface area (Å²) in [5.41, 5.74) is 5.96. The summed E-state index contributed by atoms with van der Waals surface area (Å²) < 4.78 is 21.9. The normalized spacial score (nSPS) is 28.6. The highest BCUT2D eigenvalue weighted by atomic mass is 16.6. The number of carbonyl (C=O) groups excluding carboxylic acids is 4. The van der Waals surface area contributed by atoms with Gasteiger partial charge in [0.15, 0.2) is 11.9 Å². The molecule has 230 valence electrons. The summed E-state index contributed by atoms with van der Waals surface area (Å²) in [6, 6.07) is 0. The summed E-state index contributed by atoms with van der Waals surface area (Å²) >= 11 is 0. The van der Waals surface area contributed by atoms with E-state index in [9.17, 15) is 24.3 Å². The zero-order valence-electron chi connectivity index (χ0n) is 25.3. The van der Waals surface area contributed by atoms with Crippen molar-refractivity contribution in [2.24, 2.45) is 17.6 Å². The Morgan fingerprint density at radius 2 is 1.79 bits per heavy atom. The molecule has 11 heteroatoms. The number of primary amides is 1. The second-order valence-electron chi connectivity index (χ2n) is 10.5. The Morgan fingerprint density at radius 3 is 2.33 bits per heavy atom. The Labute approximate surface area is 246 Å². The lowest BCUT2D eigenvalue weighted by Gasteiger charge is -2.30. The molecule has 0 radical (unpaired) electrons. The van der Waals surface area contributed by atoms with Crippen molar-refractivity contribution in [3.05, 3.63) is 70.7 Å². The standard InChI is InChI=1S/C31H42N2O9/c1-9-20-24-26(35)21(29(41-8)27(20)36)13-16(2)14-23(40-7)25(34)18(4)15-19(5)28(42-31(32)38)22(39-6)12-10-11-17(3)30(37)33-24/h9-12,15-16,18,22-23,25,28,34H,1,13-14H2,2-8H3,(H2,32,38)(H,33,37)/t16-,18+,22+,23+,25-,28+/m1/s1. The summed E-state index contributed by atoms with van der Waals surface area (Å²) in [6.45, 7) is 10.5. The maximum atomic E-state index is 13.7. The van der Waals surface area contributed by atoms with Crippen LogP contribution in [0, 0.1) is 11.8 Å². The first kappa shape index (κ1) is 34.4. The molecule has 0 aromatic carbocycles. The summed E-state index contributed by atoms with van der Waals surface area (Å²) in [4.78, 5) is 51.7. The number of allylic oxidation sites excluding steroid dienone is 5. The minimum absolute atomic E-state index is 0.0812. The van der Waals surface area contributed by atoms with Gasteiger partial charge < -0.3 is 35.1 Å². The predicted octanol–water partition coefficient (Wildman–Crippen LogP) is 2.96. The van der Waals surface area contributed by atoms with E-state index in [-0.39, 0.29) is 40.5 Å². The highest BCUT2D eigenvalue weighted by Gasteiger charge is 2.37. The SMILES string of the molecule is C=CC1=C2NC(=O)C(C)=CC=C[C@H](OC)[C@@H](OC(N)=O)C(C)=C[C@H](C)[C@@H](O)[C@@H](OC)C[C@H](C)CC(=C(OC)C1=O)C2=O. The van der Waals surface area contributed by atoms with E-state index in [1.165, 1.54) is 46.5 Å². The monoisotopic (exact) mass is 586 g/mol. The van der Waals surface area contributed by atoms with E-state index in [1.54, 1.807) is 26.0 Å². The van der Waals surface area contributed by atoms with Gasteiger partial charge in [0, 0.05) is 31.3 Å². The Hall–Kier alpha value is -3.80. The number of nitrogens with one attached hydrogen (secondary N) is 1. The topological polar surface area (TPSA) is 163 Å². The van der Waals surface area contributed by atoms with Crippen molar-refractivity contribution in [3.8, 4) is 0 Å². The van der Waals surface area contributed by atoms with Crippen molar-refractivity contribution in [3.63, 3.8) is 0 Å². The smallest absolute Gasteiger partial charge is 0.405 e. The highest BCUT2D eigenvalue weighted by Crippen LogP contribution is 2.32. The largest absolute Gasteiger partial charge is 0.492 e. The molecule has 1 aliphatic heterocycles. The maximum absolute atomic E-state index is 13.7. The van der Waals surface area contributed by atoms with Crippen LogP contribution in [0.2, 0.25) is 0 Å². The second-order valence-corrected chi connectivity index (χ2v) is 10.5. The second kappa shape index (κ2) is 15.4. The van der Waals surface area contributed by atoms with Crippen LogP contribution in [-0.4, -0.2) is 74.4 Å². The van der Waals surface area contributed by atoms with Gasteiger partial charge in [-0.2, -0.15) is 0 Å². The van der Waals surface area contributed by atoms with Gasteiger partial charge in [0.1, 0.15) is 11.8 Å². The van der Waals surface area contributed by atoms with E-state index < -0.39 is 53.9 Å². The van der Waals surface area contributed by atoms with Crippen LogP contribution < -0.4 is 11.1 Å². The van der Waals surface area contributed by atoms with Gasteiger partial charge in [-0.25, -0.2) is 4.79 Å². The third kappa shape index (κ3) is 8.15. The Bertz CT molecular complexity index is 1240. The van der Waals surface area contributed by atoms with Gasteiger partial charge in [-0.15, -0.1) is 0 Å². The minimum Gasteiger partial charge on any atom is -0.492 e. The number of ketones is 2. The molecular formula is C31H42N2O9. The molecule has 2 rings (SSSR count). The first-order chi connectivity index (χ1) is 19.8. The number of fused-ring (bicyclic) bond motifs is 2. The van der Waals surface area contributed by atoms with Gasteiger partial charge >= 0.3 is 6.09 Å². The summed E-state index contributed by atoms with van der Waals surface area (Å²) in [6.07, 6.45) is 3.63. The molecule has 0 unspecified atom stereocenters. The van der Waals surface area contributed by atoms with Crippen LogP contribution in [0.25, 0.3) is 0 Å².